The minimum Gasteiger partial charge on any atom is -0.288 e. The van der Waals surface area contributed by atoms with Gasteiger partial charge in [-0.3, -0.25) is 14.8 Å². The summed E-state index contributed by atoms with van der Waals surface area (Å²) in [7, 11) is -9.41. The maximum Gasteiger partial charge on any atom is 0.248 e. The highest BCUT2D eigenvalue weighted by molar-refractivity contribution is 8.10. The molecule has 0 saturated heterocycles. The Labute approximate surface area is 194 Å². The molecule has 0 fully saturated rings. The molecule has 0 spiro atoms. The van der Waals surface area contributed by atoms with E-state index >= 15 is 4.39 Å². The smallest absolute Gasteiger partial charge is 0.248 e. The van der Waals surface area contributed by atoms with Crippen LogP contribution in [0.25, 0.3) is 11.0 Å². The number of sulfonamides is 2. The number of fused-ring (bicyclic) bond motifs is 1. The number of carbonyl (C=O) groups excluding carboxylic acids is 1. The third kappa shape index (κ3) is 4.75. The largest absolute Gasteiger partial charge is 0.288 e. The molecule has 13 heteroatoms. The van der Waals surface area contributed by atoms with Crippen LogP contribution in [-0.4, -0.2) is 44.1 Å². The normalized spacial score (nSPS) is 12.1. The Morgan fingerprint density at radius 2 is 1.41 bits per heavy atom. The number of aromatic nitrogens is 2. The molecule has 0 aliphatic heterocycles. The van der Waals surface area contributed by atoms with E-state index in [1.54, 1.807) is 0 Å². The summed E-state index contributed by atoms with van der Waals surface area (Å²) in [4.78, 5) is 21.0. The Bertz CT molecular complexity index is 1440. The lowest BCUT2D eigenvalue weighted by atomic mass is 10.0. The summed E-state index contributed by atoms with van der Waals surface area (Å²) in [5.74, 6) is -8.23. The van der Waals surface area contributed by atoms with E-state index in [4.69, 9.17) is 0 Å². The van der Waals surface area contributed by atoms with Gasteiger partial charge in [0, 0.05) is 24.0 Å². The zero-order valence-electron chi connectivity index (χ0n) is 18.1. The van der Waals surface area contributed by atoms with Crippen molar-refractivity contribution in [2.45, 2.75) is 26.7 Å². The molecule has 1 heterocycles. The number of hydrogen-bond donors (Lipinski definition) is 0. The molecule has 0 aliphatic carbocycles. The van der Waals surface area contributed by atoms with Gasteiger partial charge in [0.1, 0.15) is 5.69 Å². The fraction of sp³-hybridized carbons (Fsp3) is 0.286. The van der Waals surface area contributed by atoms with Crippen LogP contribution in [0.2, 0.25) is 0 Å². The van der Waals surface area contributed by atoms with Gasteiger partial charge in [0.15, 0.2) is 23.2 Å². The Morgan fingerprint density at radius 1 is 0.853 bits per heavy atom. The van der Waals surface area contributed by atoms with Crippen LogP contribution < -0.4 is 3.71 Å². The zero-order chi connectivity index (χ0) is 25.3. The van der Waals surface area contributed by atoms with Crippen LogP contribution in [0, 0.1) is 17.5 Å². The highest BCUT2D eigenvalue weighted by Gasteiger charge is 2.38. The zero-order valence-corrected chi connectivity index (χ0v) is 19.8. The summed E-state index contributed by atoms with van der Waals surface area (Å²) in [6.45, 7) is 2.89. The van der Waals surface area contributed by atoms with Gasteiger partial charge < -0.3 is 0 Å². The summed E-state index contributed by atoms with van der Waals surface area (Å²) in [6, 6.07) is 3.83. The average Bonchev–Trinajstić information content (AvgIpc) is 2.76. The lowest BCUT2D eigenvalue weighted by molar-refractivity contribution is 0.103. The number of carbonyl (C=O) groups is 1. The third-order valence-corrected chi connectivity index (χ3v) is 9.34. The van der Waals surface area contributed by atoms with E-state index in [1.165, 1.54) is 44.4 Å². The molecule has 0 saturated carbocycles. The number of nitrogens with zero attached hydrogens (tertiary/aromatic N) is 3. The predicted molar refractivity (Wildman–Crippen MR) is 120 cm³/mol. The first kappa shape index (κ1) is 25.6. The molecule has 0 unspecified atom stereocenters. The minimum absolute atomic E-state index is 0.0321. The van der Waals surface area contributed by atoms with Crippen LogP contribution in [0.4, 0.5) is 18.9 Å². The summed E-state index contributed by atoms with van der Waals surface area (Å²) >= 11 is 0. The van der Waals surface area contributed by atoms with Gasteiger partial charge in [-0.15, -0.1) is 0 Å². The highest BCUT2D eigenvalue weighted by atomic mass is 32.3. The van der Waals surface area contributed by atoms with Crippen LogP contribution in [0.15, 0.2) is 36.7 Å². The molecule has 2 aromatic carbocycles. The van der Waals surface area contributed by atoms with Crippen molar-refractivity contribution in [1.82, 2.24) is 9.97 Å². The van der Waals surface area contributed by atoms with Gasteiger partial charge in [-0.25, -0.2) is 30.0 Å². The van der Waals surface area contributed by atoms with Crippen LogP contribution in [0.3, 0.4) is 0 Å². The van der Waals surface area contributed by atoms with Gasteiger partial charge in [0.2, 0.25) is 20.0 Å². The highest BCUT2D eigenvalue weighted by Crippen LogP contribution is 2.33. The molecule has 3 rings (SSSR count). The fourth-order valence-corrected chi connectivity index (χ4v) is 7.39. The molecule has 0 bridgehead atoms. The molecular formula is C21H20F3N3O5S2. The van der Waals surface area contributed by atoms with Gasteiger partial charge in [-0.1, -0.05) is 13.8 Å². The van der Waals surface area contributed by atoms with Crippen molar-refractivity contribution in [3.05, 3.63) is 65.2 Å². The van der Waals surface area contributed by atoms with E-state index in [0.717, 1.165) is 0 Å². The standard InChI is InChI=1S/C21H20F3N3O5S2/c1-3-9-33(29,30)27(34(31,32)10-4-2)17-12-14(22)19(23)18(20(17)24)21(28)13-5-6-15-16(11-13)26-8-7-25-15/h5-8,11-12H,3-4,9-10H2,1-2H3. The second-order valence-corrected chi connectivity index (χ2v) is 11.4. The van der Waals surface area contributed by atoms with E-state index in [1.807, 2.05) is 0 Å². The SMILES string of the molecule is CCCS(=O)(=O)N(c1cc(F)c(F)c(C(=O)c2ccc3nccnc3c2)c1F)S(=O)(=O)CCC. The topological polar surface area (TPSA) is 114 Å². The Morgan fingerprint density at radius 3 is 1.97 bits per heavy atom. The summed E-state index contributed by atoms with van der Waals surface area (Å²) in [5.41, 5.74) is -2.42. The molecule has 0 radical (unpaired) electrons. The maximum absolute atomic E-state index is 15.5. The first-order chi connectivity index (χ1) is 15.9. The van der Waals surface area contributed by atoms with E-state index in [2.05, 4.69) is 9.97 Å². The van der Waals surface area contributed by atoms with Gasteiger partial charge in [-0.2, -0.15) is 3.71 Å². The lowest BCUT2D eigenvalue weighted by Gasteiger charge is -2.25. The van der Waals surface area contributed by atoms with Crippen molar-refractivity contribution < 1.29 is 34.8 Å². The molecular weight excluding hydrogens is 495 g/mol. The first-order valence-electron chi connectivity index (χ1n) is 10.1. The van der Waals surface area contributed by atoms with Crippen LogP contribution >= 0.6 is 0 Å². The monoisotopic (exact) mass is 515 g/mol. The first-order valence-corrected chi connectivity index (χ1v) is 13.3. The van der Waals surface area contributed by atoms with E-state index in [-0.39, 0.29) is 33.7 Å². The van der Waals surface area contributed by atoms with Crippen LogP contribution in [0.1, 0.15) is 42.6 Å². The quantitative estimate of drug-likeness (QED) is 0.316. The number of halogens is 3. The van der Waals surface area contributed by atoms with Crippen LogP contribution in [0.5, 0.6) is 0 Å². The Kier molecular flexibility index (Phi) is 7.26. The molecule has 0 N–H and O–H groups in total. The number of ketones is 1. The lowest BCUT2D eigenvalue weighted by Crippen LogP contribution is -2.40. The van der Waals surface area contributed by atoms with Gasteiger partial charge in [-0.05, 0) is 31.0 Å². The van der Waals surface area contributed by atoms with Crippen molar-refractivity contribution in [2.75, 3.05) is 15.2 Å². The average molecular weight is 516 g/mol. The summed E-state index contributed by atoms with van der Waals surface area (Å²) in [6.07, 6.45) is 2.66. The number of rotatable bonds is 9. The molecule has 182 valence electrons. The van der Waals surface area contributed by atoms with Gasteiger partial charge in [0.25, 0.3) is 0 Å². The van der Waals surface area contributed by atoms with E-state index < -0.39 is 66.0 Å². The van der Waals surface area contributed by atoms with E-state index in [9.17, 15) is 30.4 Å². The second kappa shape index (κ2) is 9.66. The van der Waals surface area contributed by atoms with Crippen molar-refractivity contribution in [1.29, 1.82) is 0 Å². The summed E-state index contributed by atoms with van der Waals surface area (Å²) < 4.78 is 95.5. The van der Waals surface area contributed by atoms with Crippen molar-refractivity contribution in [3.8, 4) is 0 Å². The Balaban J connectivity index is 2.27. The predicted octanol–water partition coefficient (Wildman–Crippen LogP) is 3.56. The fourth-order valence-electron chi connectivity index (χ4n) is 3.33. The van der Waals surface area contributed by atoms with E-state index in [0.29, 0.717) is 5.52 Å². The Hall–Kier alpha value is -3.06. The number of hydrogen-bond acceptors (Lipinski definition) is 7. The maximum atomic E-state index is 15.5. The van der Waals surface area contributed by atoms with Gasteiger partial charge in [0.05, 0.1) is 28.1 Å². The van der Waals surface area contributed by atoms with Gasteiger partial charge >= 0.3 is 0 Å². The molecule has 0 aliphatic rings. The number of benzene rings is 2. The number of anilines is 1. The third-order valence-electron chi connectivity index (χ3n) is 4.72. The van der Waals surface area contributed by atoms with Crippen molar-refractivity contribution in [2.24, 2.45) is 0 Å². The molecule has 0 amide bonds. The molecule has 0 atom stereocenters. The van der Waals surface area contributed by atoms with Crippen molar-refractivity contribution in [3.63, 3.8) is 0 Å². The molecule has 3 aromatic rings. The molecule has 34 heavy (non-hydrogen) atoms. The molecule has 8 nitrogen and oxygen atoms in total. The minimum atomic E-state index is -4.71. The van der Waals surface area contributed by atoms with Crippen molar-refractivity contribution >= 4 is 42.6 Å². The second-order valence-electron chi connectivity index (χ2n) is 7.30. The summed E-state index contributed by atoms with van der Waals surface area (Å²) in [5, 5.41) is 0. The van der Waals surface area contributed by atoms with Crippen LogP contribution in [-0.2, 0) is 20.0 Å². The molecule has 1 aromatic heterocycles.